The Hall–Kier alpha value is -0.970. The third-order valence-corrected chi connectivity index (χ3v) is 3.30. The Balaban J connectivity index is 1.97. The van der Waals surface area contributed by atoms with Gasteiger partial charge in [-0.25, -0.2) is 0 Å². The fourth-order valence-corrected chi connectivity index (χ4v) is 2.17. The molecule has 1 unspecified atom stereocenters. The van der Waals surface area contributed by atoms with Gasteiger partial charge in [0.2, 0.25) is 0 Å². The van der Waals surface area contributed by atoms with Crippen molar-refractivity contribution in [2.75, 3.05) is 5.32 Å². The summed E-state index contributed by atoms with van der Waals surface area (Å²) in [5, 5.41) is 3.48. The average Bonchev–Trinajstić information content (AvgIpc) is 2.74. The van der Waals surface area contributed by atoms with Crippen LogP contribution < -0.4 is 5.32 Å². The van der Waals surface area contributed by atoms with Crippen LogP contribution in [-0.2, 0) is 6.42 Å². The predicted octanol–water partition coefficient (Wildman–Crippen LogP) is 3.93. The number of anilines is 1. The third-order valence-electron chi connectivity index (χ3n) is 2.36. The van der Waals surface area contributed by atoms with E-state index in [0.717, 1.165) is 12.2 Å². The fourth-order valence-electron chi connectivity index (χ4n) is 1.63. The Bertz CT molecular complexity index is 439. The topological polar surface area (TPSA) is 25.2 Å². The van der Waals surface area contributed by atoms with Crippen LogP contribution in [0.4, 0.5) is 5.69 Å². The molecule has 0 spiro atoms. The van der Waals surface area contributed by atoms with Gasteiger partial charge < -0.3 is 9.73 Å². The van der Waals surface area contributed by atoms with Crippen molar-refractivity contribution in [3.63, 3.8) is 0 Å². The summed E-state index contributed by atoms with van der Waals surface area (Å²) in [4.78, 5) is 0. The second-order valence-corrected chi connectivity index (χ2v) is 4.97. The summed E-state index contributed by atoms with van der Waals surface area (Å²) in [5.41, 5.74) is 1.18. The number of hydrogen-bond donors (Lipinski definition) is 1. The van der Waals surface area contributed by atoms with Crippen molar-refractivity contribution in [2.45, 2.75) is 19.4 Å². The molecule has 3 heteroatoms. The van der Waals surface area contributed by atoms with Gasteiger partial charge in [-0.15, -0.1) is 0 Å². The molecule has 0 amide bonds. The summed E-state index contributed by atoms with van der Waals surface area (Å²) in [6.07, 6.45) is 2.62. The molecule has 1 aromatic heterocycles. The molecule has 0 saturated carbocycles. The zero-order chi connectivity index (χ0) is 11.4. The van der Waals surface area contributed by atoms with Gasteiger partial charge in [-0.2, -0.15) is 0 Å². The standard InChI is InChI=1S/C13H14INO/c1-10(9-11-5-4-8-16-11)15-13-7-3-2-6-12(13)14/h2-8,10,15H,9H2,1H3. The maximum atomic E-state index is 5.33. The van der Waals surface area contributed by atoms with Gasteiger partial charge in [0.05, 0.1) is 6.26 Å². The van der Waals surface area contributed by atoms with E-state index in [2.05, 4.69) is 47.0 Å². The van der Waals surface area contributed by atoms with Gasteiger partial charge in [0, 0.05) is 21.7 Å². The Kier molecular flexibility index (Phi) is 3.88. The monoisotopic (exact) mass is 327 g/mol. The van der Waals surface area contributed by atoms with Gasteiger partial charge in [0.15, 0.2) is 0 Å². The molecule has 1 heterocycles. The third kappa shape index (κ3) is 3.01. The van der Waals surface area contributed by atoms with Crippen LogP contribution in [-0.4, -0.2) is 6.04 Å². The van der Waals surface area contributed by atoms with Crippen LogP contribution in [0.2, 0.25) is 0 Å². The Labute approximate surface area is 109 Å². The van der Waals surface area contributed by atoms with E-state index in [4.69, 9.17) is 4.42 Å². The fraction of sp³-hybridized carbons (Fsp3) is 0.231. The maximum absolute atomic E-state index is 5.33. The number of benzene rings is 1. The molecule has 0 aliphatic heterocycles. The van der Waals surface area contributed by atoms with Crippen molar-refractivity contribution < 1.29 is 4.42 Å². The van der Waals surface area contributed by atoms with E-state index in [0.29, 0.717) is 6.04 Å². The van der Waals surface area contributed by atoms with E-state index >= 15 is 0 Å². The molecule has 1 aromatic carbocycles. The Morgan fingerprint density at radius 2 is 2.06 bits per heavy atom. The summed E-state index contributed by atoms with van der Waals surface area (Å²) >= 11 is 2.34. The first-order valence-electron chi connectivity index (χ1n) is 5.29. The molecule has 0 bridgehead atoms. The Morgan fingerprint density at radius 1 is 1.25 bits per heavy atom. The highest BCUT2D eigenvalue weighted by atomic mass is 127. The van der Waals surface area contributed by atoms with Gasteiger partial charge in [0.25, 0.3) is 0 Å². The molecule has 2 rings (SSSR count). The lowest BCUT2D eigenvalue weighted by Crippen LogP contribution is -2.18. The van der Waals surface area contributed by atoms with Crippen LogP contribution in [0.25, 0.3) is 0 Å². The quantitative estimate of drug-likeness (QED) is 0.861. The number of furan rings is 1. The first-order chi connectivity index (χ1) is 7.75. The number of hydrogen-bond acceptors (Lipinski definition) is 2. The molecule has 0 saturated heterocycles. The van der Waals surface area contributed by atoms with Crippen molar-refractivity contribution in [1.82, 2.24) is 0 Å². The lowest BCUT2D eigenvalue weighted by Gasteiger charge is -2.15. The molecule has 0 radical (unpaired) electrons. The zero-order valence-electron chi connectivity index (χ0n) is 9.11. The van der Waals surface area contributed by atoms with Gasteiger partial charge in [-0.3, -0.25) is 0 Å². The maximum Gasteiger partial charge on any atom is 0.105 e. The summed E-state index contributed by atoms with van der Waals surface area (Å²) < 4.78 is 6.57. The highest BCUT2D eigenvalue weighted by molar-refractivity contribution is 14.1. The zero-order valence-corrected chi connectivity index (χ0v) is 11.3. The average molecular weight is 327 g/mol. The Morgan fingerprint density at radius 3 is 2.75 bits per heavy atom. The van der Waals surface area contributed by atoms with Crippen molar-refractivity contribution in [3.8, 4) is 0 Å². The van der Waals surface area contributed by atoms with Crippen LogP contribution in [0.1, 0.15) is 12.7 Å². The molecule has 16 heavy (non-hydrogen) atoms. The number of nitrogens with one attached hydrogen (secondary N) is 1. The van der Waals surface area contributed by atoms with Gasteiger partial charge in [-0.1, -0.05) is 12.1 Å². The van der Waals surface area contributed by atoms with Gasteiger partial charge in [-0.05, 0) is 53.8 Å². The first-order valence-corrected chi connectivity index (χ1v) is 6.37. The first kappa shape index (κ1) is 11.5. The summed E-state index contributed by atoms with van der Waals surface area (Å²) in [5.74, 6) is 1.02. The number of rotatable bonds is 4. The predicted molar refractivity (Wildman–Crippen MR) is 74.7 cm³/mol. The van der Waals surface area contributed by atoms with E-state index in [-0.39, 0.29) is 0 Å². The van der Waals surface area contributed by atoms with E-state index in [1.807, 2.05) is 24.3 Å². The molecule has 0 aliphatic rings. The van der Waals surface area contributed by atoms with E-state index in [1.54, 1.807) is 6.26 Å². The minimum absolute atomic E-state index is 0.363. The smallest absolute Gasteiger partial charge is 0.105 e. The van der Waals surface area contributed by atoms with E-state index in [1.165, 1.54) is 9.26 Å². The van der Waals surface area contributed by atoms with Gasteiger partial charge >= 0.3 is 0 Å². The van der Waals surface area contributed by atoms with Gasteiger partial charge in [0.1, 0.15) is 5.76 Å². The second-order valence-electron chi connectivity index (χ2n) is 3.81. The molecule has 1 N–H and O–H groups in total. The SMILES string of the molecule is CC(Cc1ccco1)Nc1ccccc1I. The largest absolute Gasteiger partial charge is 0.469 e. The normalized spacial score (nSPS) is 12.4. The van der Waals surface area contributed by atoms with Crippen molar-refractivity contribution in [2.24, 2.45) is 0 Å². The molecule has 0 aliphatic carbocycles. The van der Waals surface area contributed by atoms with Crippen LogP contribution >= 0.6 is 22.6 Å². The van der Waals surface area contributed by atoms with E-state index < -0.39 is 0 Å². The molecule has 84 valence electrons. The van der Waals surface area contributed by atoms with Crippen LogP contribution in [0.3, 0.4) is 0 Å². The minimum Gasteiger partial charge on any atom is -0.469 e. The molecular formula is C13H14INO. The molecule has 1 atom stereocenters. The molecule has 2 aromatic rings. The van der Waals surface area contributed by atoms with Crippen LogP contribution in [0.15, 0.2) is 47.1 Å². The minimum atomic E-state index is 0.363. The molecule has 0 fully saturated rings. The highest BCUT2D eigenvalue weighted by Gasteiger charge is 2.06. The van der Waals surface area contributed by atoms with Crippen molar-refractivity contribution in [1.29, 1.82) is 0 Å². The van der Waals surface area contributed by atoms with Crippen LogP contribution in [0, 0.1) is 3.57 Å². The molecular weight excluding hydrogens is 313 g/mol. The number of para-hydroxylation sites is 1. The van der Waals surface area contributed by atoms with Crippen LogP contribution in [0.5, 0.6) is 0 Å². The van der Waals surface area contributed by atoms with E-state index in [9.17, 15) is 0 Å². The highest BCUT2D eigenvalue weighted by Crippen LogP contribution is 2.18. The lowest BCUT2D eigenvalue weighted by molar-refractivity contribution is 0.498. The second kappa shape index (κ2) is 5.39. The van der Waals surface area contributed by atoms with Crippen molar-refractivity contribution >= 4 is 28.3 Å². The summed E-state index contributed by atoms with van der Waals surface area (Å²) in [6.45, 7) is 2.16. The summed E-state index contributed by atoms with van der Waals surface area (Å²) in [7, 11) is 0. The summed E-state index contributed by atoms with van der Waals surface area (Å²) in [6, 6.07) is 12.6. The number of halogens is 1. The molecule has 2 nitrogen and oxygen atoms in total. The lowest BCUT2D eigenvalue weighted by atomic mass is 10.2. The van der Waals surface area contributed by atoms with Crippen molar-refractivity contribution in [3.05, 3.63) is 52.0 Å².